The number of carbonyl (C=O) groups excluding carboxylic acids is 1. The molecule has 0 saturated carbocycles. The summed E-state index contributed by atoms with van der Waals surface area (Å²) in [5.74, 6) is 0.223. The van der Waals surface area contributed by atoms with Crippen LogP contribution in [0.25, 0.3) is 6.08 Å². The summed E-state index contributed by atoms with van der Waals surface area (Å²) in [4.78, 5) is 18.9. The molecule has 0 aromatic carbocycles. The number of anilines is 1. The quantitative estimate of drug-likeness (QED) is 0.628. The minimum atomic E-state index is -3.74. The van der Waals surface area contributed by atoms with Crippen LogP contribution in [0.3, 0.4) is 0 Å². The Morgan fingerprint density at radius 3 is 2.80 bits per heavy atom. The second kappa shape index (κ2) is 7.70. The monoisotopic (exact) mass is 509 g/mol. The highest BCUT2D eigenvalue weighted by molar-refractivity contribution is 14.1. The molecule has 0 radical (unpaired) electrons. The van der Waals surface area contributed by atoms with Crippen molar-refractivity contribution in [1.82, 2.24) is 9.71 Å². The fourth-order valence-corrected chi connectivity index (χ4v) is 4.74. The molecule has 0 spiro atoms. The Morgan fingerprint density at radius 2 is 2.16 bits per heavy atom. The number of thiophene rings is 1. The number of carbonyl (C=O) groups is 1. The Labute approximate surface area is 168 Å². The molecule has 3 rings (SSSR count). The first-order valence-corrected chi connectivity index (χ1v) is 11.0. The lowest BCUT2D eigenvalue weighted by molar-refractivity contribution is -0.118. The normalized spacial score (nSPS) is 18.4. The molecule has 1 amide bonds. The highest BCUT2D eigenvalue weighted by atomic mass is 127. The van der Waals surface area contributed by atoms with Crippen LogP contribution in [-0.4, -0.2) is 31.9 Å². The van der Waals surface area contributed by atoms with E-state index < -0.39 is 16.1 Å². The number of hydrogen-bond acceptors (Lipinski definition) is 5. The van der Waals surface area contributed by atoms with E-state index in [2.05, 4.69) is 32.3 Å². The lowest BCUT2D eigenvalue weighted by atomic mass is 10.3. The number of halogens is 2. The van der Waals surface area contributed by atoms with Gasteiger partial charge in [0.2, 0.25) is 15.9 Å². The van der Waals surface area contributed by atoms with Gasteiger partial charge in [-0.25, -0.2) is 13.4 Å². The lowest BCUT2D eigenvalue weighted by Gasteiger charge is -2.15. The molecule has 0 bridgehead atoms. The van der Waals surface area contributed by atoms with E-state index in [1.807, 2.05) is 6.07 Å². The van der Waals surface area contributed by atoms with Crippen molar-refractivity contribution in [3.05, 3.63) is 48.7 Å². The van der Waals surface area contributed by atoms with E-state index in [0.29, 0.717) is 23.1 Å². The van der Waals surface area contributed by atoms with Crippen LogP contribution in [0.2, 0.25) is 4.34 Å². The predicted molar refractivity (Wildman–Crippen MR) is 108 cm³/mol. The Hall–Kier alpha value is -1.01. The molecule has 0 aliphatic carbocycles. The fraction of sp³-hybridized carbons (Fsp3) is 0.200. The minimum Gasteiger partial charge on any atom is -0.295 e. The number of nitrogens with zero attached hydrogens (tertiary/aromatic N) is 2. The average molecular weight is 510 g/mol. The van der Waals surface area contributed by atoms with Gasteiger partial charge in [-0.1, -0.05) is 11.6 Å². The first kappa shape index (κ1) is 18.8. The molecule has 132 valence electrons. The van der Waals surface area contributed by atoms with Gasteiger partial charge in [-0.05, 0) is 59.4 Å². The molecule has 0 unspecified atom stereocenters. The van der Waals surface area contributed by atoms with Gasteiger partial charge in [-0.3, -0.25) is 9.69 Å². The summed E-state index contributed by atoms with van der Waals surface area (Å²) in [6, 6.07) is 6.23. The Morgan fingerprint density at radius 1 is 1.36 bits per heavy atom. The summed E-state index contributed by atoms with van der Waals surface area (Å²) >= 11 is 9.22. The number of aromatic nitrogens is 1. The van der Waals surface area contributed by atoms with Crippen molar-refractivity contribution in [3.63, 3.8) is 0 Å². The molecule has 1 atom stereocenters. The molecular weight excluding hydrogens is 497 g/mol. The molecule has 10 heteroatoms. The van der Waals surface area contributed by atoms with E-state index in [4.69, 9.17) is 11.6 Å². The standard InChI is InChI=1S/C15H13ClIN3O3S2/c16-13-3-2-11(24-13)6-8-25(22,23)19-12-5-7-20(15(12)21)14-4-1-10(17)9-18-14/h1-4,6,8-9,12,19H,5,7H2/b8-6+/t12-/m0/s1. The summed E-state index contributed by atoms with van der Waals surface area (Å²) in [5, 5.41) is 1.05. The molecule has 1 aliphatic rings. The summed E-state index contributed by atoms with van der Waals surface area (Å²) in [7, 11) is -3.74. The largest absolute Gasteiger partial charge is 0.295 e. The molecule has 1 fully saturated rings. The van der Waals surface area contributed by atoms with Crippen LogP contribution in [0.15, 0.2) is 35.9 Å². The van der Waals surface area contributed by atoms with Gasteiger partial charge in [0.15, 0.2) is 0 Å². The Kier molecular flexibility index (Phi) is 5.78. The van der Waals surface area contributed by atoms with Crippen LogP contribution in [0.5, 0.6) is 0 Å². The summed E-state index contributed by atoms with van der Waals surface area (Å²) in [6.07, 6.45) is 3.51. The second-order valence-corrected chi connectivity index (χ2v) is 9.86. The van der Waals surface area contributed by atoms with E-state index in [1.165, 1.54) is 22.3 Å². The van der Waals surface area contributed by atoms with Gasteiger partial charge in [-0.2, -0.15) is 4.72 Å². The molecule has 25 heavy (non-hydrogen) atoms. The maximum atomic E-state index is 12.5. The highest BCUT2D eigenvalue weighted by Crippen LogP contribution is 2.23. The summed E-state index contributed by atoms with van der Waals surface area (Å²) in [5.41, 5.74) is 0. The molecular formula is C15H13ClIN3O3S2. The van der Waals surface area contributed by atoms with Crippen molar-refractivity contribution in [1.29, 1.82) is 0 Å². The number of nitrogens with one attached hydrogen (secondary N) is 1. The van der Waals surface area contributed by atoms with E-state index in [0.717, 1.165) is 13.9 Å². The first-order chi connectivity index (χ1) is 11.8. The zero-order valence-electron chi connectivity index (χ0n) is 12.7. The average Bonchev–Trinajstić information content (AvgIpc) is 3.13. The van der Waals surface area contributed by atoms with E-state index in [1.54, 1.807) is 24.4 Å². The van der Waals surface area contributed by atoms with Crippen molar-refractivity contribution in [3.8, 4) is 0 Å². The number of sulfonamides is 1. The molecule has 3 heterocycles. The Bertz CT molecular complexity index is 912. The molecule has 1 aliphatic heterocycles. The number of amides is 1. The van der Waals surface area contributed by atoms with Crippen molar-refractivity contribution >= 4 is 73.4 Å². The van der Waals surface area contributed by atoms with Gasteiger partial charge < -0.3 is 0 Å². The summed E-state index contributed by atoms with van der Waals surface area (Å²) < 4.78 is 28.3. The van der Waals surface area contributed by atoms with Gasteiger partial charge >= 0.3 is 0 Å². The molecule has 6 nitrogen and oxygen atoms in total. The number of hydrogen-bond donors (Lipinski definition) is 1. The van der Waals surface area contributed by atoms with Crippen LogP contribution in [0.4, 0.5) is 5.82 Å². The van der Waals surface area contributed by atoms with Gasteiger partial charge in [0, 0.05) is 26.6 Å². The smallest absolute Gasteiger partial charge is 0.246 e. The van der Waals surface area contributed by atoms with Crippen molar-refractivity contribution < 1.29 is 13.2 Å². The predicted octanol–water partition coefficient (Wildman–Crippen LogP) is 3.10. The molecule has 1 saturated heterocycles. The maximum absolute atomic E-state index is 12.5. The summed E-state index contributed by atoms with van der Waals surface area (Å²) in [6.45, 7) is 0.420. The van der Waals surface area contributed by atoms with Crippen LogP contribution in [-0.2, 0) is 14.8 Å². The van der Waals surface area contributed by atoms with Crippen molar-refractivity contribution in [2.45, 2.75) is 12.5 Å². The zero-order chi connectivity index (χ0) is 18.0. The van der Waals surface area contributed by atoms with E-state index >= 15 is 0 Å². The van der Waals surface area contributed by atoms with E-state index in [9.17, 15) is 13.2 Å². The van der Waals surface area contributed by atoms with Gasteiger partial charge in [-0.15, -0.1) is 11.3 Å². The van der Waals surface area contributed by atoms with Crippen molar-refractivity contribution in [2.75, 3.05) is 11.4 Å². The fourth-order valence-electron chi connectivity index (χ4n) is 2.36. The molecule has 1 N–H and O–H groups in total. The third-order valence-corrected chi connectivity index (χ3v) is 6.45. The Balaban J connectivity index is 1.67. The number of pyridine rings is 1. The van der Waals surface area contributed by atoms with Crippen molar-refractivity contribution in [2.24, 2.45) is 0 Å². The van der Waals surface area contributed by atoms with Crippen LogP contribution in [0, 0.1) is 3.57 Å². The van der Waals surface area contributed by atoms with Gasteiger partial charge in [0.1, 0.15) is 11.9 Å². The van der Waals surface area contributed by atoms with Gasteiger partial charge in [0.25, 0.3) is 0 Å². The van der Waals surface area contributed by atoms with Crippen LogP contribution in [0.1, 0.15) is 11.3 Å². The van der Waals surface area contributed by atoms with Crippen LogP contribution >= 0.6 is 45.5 Å². The molecule has 2 aromatic rings. The lowest BCUT2D eigenvalue weighted by Crippen LogP contribution is -2.40. The van der Waals surface area contributed by atoms with Crippen LogP contribution < -0.4 is 9.62 Å². The van der Waals surface area contributed by atoms with Gasteiger partial charge in [0.05, 0.1) is 4.34 Å². The SMILES string of the molecule is O=C1[C@@H](NS(=O)(=O)/C=C/c2ccc(Cl)s2)CCN1c1ccc(I)cn1. The number of rotatable bonds is 5. The molecule has 2 aromatic heterocycles. The second-order valence-electron chi connectivity index (χ2n) is 5.27. The van der Waals surface area contributed by atoms with E-state index in [-0.39, 0.29) is 5.91 Å². The third-order valence-electron chi connectivity index (χ3n) is 3.51. The topological polar surface area (TPSA) is 79.4 Å². The highest BCUT2D eigenvalue weighted by Gasteiger charge is 2.35. The maximum Gasteiger partial charge on any atom is 0.246 e. The minimum absolute atomic E-state index is 0.301. The first-order valence-electron chi connectivity index (χ1n) is 7.23. The zero-order valence-corrected chi connectivity index (χ0v) is 17.3. The third kappa shape index (κ3) is 4.79.